The number of halogens is 1. The van der Waals surface area contributed by atoms with Crippen molar-refractivity contribution in [3.8, 4) is 11.5 Å². The van der Waals surface area contributed by atoms with Gasteiger partial charge in [-0.05, 0) is 36.9 Å². The van der Waals surface area contributed by atoms with Crippen molar-refractivity contribution in [3.63, 3.8) is 0 Å². The Kier molecular flexibility index (Phi) is 5.38. The van der Waals surface area contributed by atoms with Gasteiger partial charge in [-0.15, -0.1) is 0 Å². The van der Waals surface area contributed by atoms with Gasteiger partial charge in [0.15, 0.2) is 11.6 Å². The standard InChI is InChI=1S/C16H18FNO2/c1-18-12-13-5-4-6-14(11-13)19-9-10-20-16-8-3-2-7-15(16)17/h2-8,11,18H,9-10,12H2,1H3. The predicted octanol–water partition coefficient (Wildman–Crippen LogP) is 3.00. The molecule has 0 heterocycles. The first kappa shape index (κ1) is 14.3. The summed E-state index contributed by atoms with van der Waals surface area (Å²) in [5, 5.41) is 3.08. The van der Waals surface area contributed by atoms with Gasteiger partial charge in [-0.3, -0.25) is 0 Å². The van der Waals surface area contributed by atoms with Gasteiger partial charge in [0.1, 0.15) is 19.0 Å². The molecular weight excluding hydrogens is 257 g/mol. The molecule has 0 fully saturated rings. The van der Waals surface area contributed by atoms with Crippen LogP contribution in [0.4, 0.5) is 4.39 Å². The van der Waals surface area contributed by atoms with E-state index in [2.05, 4.69) is 5.32 Å². The van der Waals surface area contributed by atoms with E-state index in [0.717, 1.165) is 17.9 Å². The van der Waals surface area contributed by atoms with E-state index in [4.69, 9.17) is 9.47 Å². The van der Waals surface area contributed by atoms with Gasteiger partial charge < -0.3 is 14.8 Å². The number of rotatable bonds is 7. The molecule has 0 aliphatic rings. The Labute approximate surface area is 118 Å². The van der Waals surface area contributed by atoms with Gasteiger partial charge in [0.25, 0.3) is 0 Å². The van der Waals surface area contributed by atoms with Gasteiger partial charge in [-0.25, -0.2) is 4.39 Å². The summed E-state index contributed by atoms with van der Waals surface area (Å²) in [6.45, 7) is 1.47. The zero-order chi connectivity index (χ0) is 14.2. The molecule has 2 rings (SSSR count). The zero-order valence-corrected chi connectivity index (χ0v) is 11.4. The highest BCUT2D eigenvalue weighted by atomic mass is 19.1. The van der Waals surface area contributed by atoms with E-state index in [0.29, 0.717) is 13.2 Å². The monoisotopic (exact) mass is 275 g/mol. The van der Waals surface area contributed by atoms with Crippen molar-refractivity contribution in [2.75, 3.05) is 20.3 Å². The molecule has 0 aliphatic heterocycles. The van der Waals surface area contributed by atoms with E-state index in [9.17, 15) is 4.39 Å². The minimum absolute atomic E-state index is 0.250. The normalized spacial score (nSPS) is 10.3. The van der Waals surface area contributed by atoms with Gasteiger partial charge in [-0.2, -0.15) is 0 Å². The molecule has 0 radical (unpaired) electrons. The Hall–Kier alpha value is -2.07. The largest absolute Gasteiger partial charge is 0.490 e. The number of para-hydroxylation sites is 1. The van der Waals surface area contributed by atoms with Gasteiger partial charge in [0, 0.05) is 6.54 Å². The van der Waals surface area contributed by atoms with Crippen LogP contribution in [-0.4, -0.2) is 20.3 Å². The highest BCUT2D eigenvalue weighted by molar-refractivity contribution is 5.28. The molecule has 106 valence electrons. The van der Waals surface area contributed by atoms with Crippen molar-refractivity contribution >= 4 is 0 Å². The highest BCUT2D eigenvalue weighted by Crippen LogP contribution is 2.16. The third-order valence-electron chi connectivity index (χ3n) is 2.73. The maximum Gasteiger partial charge on any atom is 0.165 e. The minimum Gasteiger partial charge on any atom is -0.490 e. The quantitative estimate of drug-likeness (QED) is 0.788. The van der Waals surface area contributed by atoms with Crippen LogP contribution in [0.5, 0.6) is 11.5 Å². The number of ether oxygens (including phenoxy) is 2. The van der Waals surface area contributed by atoms with Crippen LogP contribution in [0, 0.1) is 5.82 Å². The Balaban J connectivity index is 1.78. The van der Waals surface area contributed by atoms with Crippen LogP contribution in [-0.2, 0) is 6.54 Å². The van der Waals surface area contributed by atoms with Gasteiger partial charge in [-0.1, -0.05) is 24.3 Å². The van der Waals surface area contributed by atoms with Crippen LogP contribution in [0.25, 0.3) is 0 Å². The molecule has 0 aromatic heterocycles. The van der Waals surface area contributed by atoms with Crippen LogP contribution in [0.15, 0.2) is 48.5 Å². The lowest BCUT2D eigenvalue weighted by molar-refractivity contribution is 0.211. The molecular formula is C16H18FNO2. The van der Waals surface area contributed by atoms with E-state index >= 15 is 0 Å². The second-order valence-electron chi connectivity index (χ2n) is 4.31. The SMILES string of the molecule is CNCc1cccc(OCCOc2ccccc2F)c1. The fourth-order valence-corrected chi connectivity index (χ4v) is 1.82. The fraction of sp³-hybridized carbons (Fsp3) is 0.250. The number of hydrogen-bond donors (Lipinski definition) is 1. The lowest BCUT2D eigenvalue weighted by Crippen LogP contribution is -2.10. The lowest BCUT2D eigenvalue weighted by Gasteiger charge is -2.10. The van der Waals surface area contributed by atoms with Crippen LogP contribution in [0.3, 0.4) is 0 Å². The summed E-state index contributed by atoms with van der Waals surface area (Å²) in [5.41, 5.74) is 1.15. The number of hydrogen-bond acceptors (Lipinski definition) is 3. The third-order valence-corrected chi connectivity index (χ3v) is 2.73. The molecule has 0 atom stereocenters. The summed E-state index contributed by atoms with van der Waals surface area (Å²) in [5.74, 6) is 0.679. The zero-order valence-electron chi connectivity index (χ0n) is 11.4. The smallest absolute Gasteiger partial charge is 0.165 e. The average molecular weight is 275 g/mol. The van der Waals surface area contributed by atoms with Gasteiger partial charge in [0.05, 0.1) is 0 Å². The van der Waals surface area contributed by atoms with Crippen molar-refractivity contribution in [2.24, 2.45) is 0 Å². The van der Waals surface area contributed by atoms with Crippen molar-refractivity contribution in [2.45, 2.75) is 6.54 Å². The van der Waals surface area contributed by atoms with E-state index < -0.39 is 0 Å². The topological polar surface area (TPSA) is 30.5 Å². The van der Waals surface area contributed by atoms with Gasteiger partial charge in [0.2, 0.25) is 0 Å². The second-order valence-corrected chi connectivity index (χ2v) is 4.31. The summed E-state index contributed by atoms with van der Waals surface area (Å²) in [4.78, 5) is 0. The molecule has 0 unspecified atom stereocenters. The molecule has 0 saturated carbocycles. The third kappa shape index (κ3) is 4.24. The summed E-state index contributed by atoms with van der Waals surface area (Å²) < 4.78 is 24.2. The van der Waals surface area contributed by atoms with Gasteiger partial charge >= 0.3 is 0 Å². The summed E-state index contributed by atoms with van der Waals surface area (Å²) in [7, 11) is 1.90. The molecule has 0 saturated heterocycles. The van der Waals surface area contributed by atoms with Crippen LogP contribution in [0.1, 0.15) is 5.56 Å². The van der Waals surface area contributed by atoms with E-state index in [1.54, 1.807) is 18.2 Å². The molecule has 0 aliphatic carbocycles. The van der Waals surface area contributed by atoms with Crippen molar-refractivity contribution < 1.29 is 13.9 Å². The Bertz CT molecular complexity index is 546. The summed E-state index contributed by atoms with van der Waals surface area (Å²) in [6.07, 6.45) is 0. The number of nitrogens with one attached hydrogen (secondary N) is 1. The van der Waals surface area contributed by atoms with Crippen LogP contribution < -0.4 is 14.8 Å². The molecule has 2 aromatic carbocycles. The maximum absolute atomic E-state index is 13.3. The lowest BCUT2D eigenvalue weighted by atomic mass is 10.2. The first-order chi connectivity index (χ1) is 9.79. The van der Waals surface area contributed by atoms with E-state index in [1.807, 2.05) is 31.3 Å². The molecule has 2 aromatic rings. The number of benzene rings is 2. The molecule has 0 amide bonds. The summed E-state index contributed by atoms with van der Waals surface area (Å²) >= 11 is 0. The fourth-order valence-electron chi connectivity index (χ4n) is 1.82. The van der Waals surface area contributed by atoms with Crippen molar-refractivity contribution in [1.29, 1.82) is 0 Å². The molecule has 1 N–H and O–H groups in total. The van der Waals surface area contributed by atoms with Crippen LogP contribution >= 0.6 is 0 Å². The Morgan fingerprint density at radius 1 is 1.00 bits per heavy atom. The summed E-state index contributed by atoms with van der Waals surface area (Å²) in [6, 6.07) is 14.2. The highest BCUT2D eigenvalue weighted by Gasteiger charge is 2.01. The Morgan fingerprint density at radius 3 is 2.60 bits per heavy atom. The molecule has 0 spiro atoms. The first-order valence-corrected chi connectivity index (χ1v) is 6.53. The first-order valence-electron chi connectivity index (χ1n) is 6.53. The van der Waals surface area contributed by atoms with Crippen molar-refractivity contribution in [3.05, 3.63) is 59.9 Å². The molecule has 4 heteroatoms. The van der Waals surface area contributed by atoms with E-state index in [-0.39, 0.29) is 11.6 Å². The van der Waals surface area contributed by atoms with Crippen molar-refractivity contribution in [1.82, 2.24) is 5.32 Å². The maximum atomic E-state index is 13.3. The van der Waals surface area contributed by atoms with Crippen LogP contribution in [0.2, 0.25) is 0 Å². The second kappa shape index (κ2) is 7.50. The predicted molar refractivity (Wildman–Crippen MR) is 76.6 cm³/mol. The average Bonchev–Trinajstić information content (AvgIpc) is 2.46. The molecule has 3 nitrogen and oxygen atoms in total. The van der Waals surface area contributed by atoms with E-state index in [1.165, 1.54) is 6.07 Å². The minimum atomic E-state index is -0.358. The Morgan fingerprint density at radius 2 is 1.80 bits per heavy atom. The molecule has 0 bridgehead atoms. The molecule has 20 heavy (non-hydrogen) atoms.